The summed E-state index contributed by atoms with van der Waals surface area (Å²) in [5.74, 6) is 2.61. The van der Waals surface area contributed by atoms with Crippen LogP contribution < -0.4 is 14.8 Å². The molecule has 3 aromatic rings. The van der Waals surface area contributed by atoms with Gasteiger partial charge in [-0.1, -0.05) is 19.1 Å². The molecule has 0 radical (unpaired) electrons. The van der Waals surface area contributed by atoms with Gasteiger partial charge in [-0.05, 0) is 55.5 Å². The molecule has 1 aliphatic heterocycles. The number of carbonyl (C=O) groups excluding carboxylic acids is 2. The van der Waals surface area contributed by atoms with E-state index < -0.39 is 0 Å². The number of nitrogens with one attached hydrogen (secondary N) is 1. The summed E-state index contributed by atoms with van der Waals surface area (Å²) in [6, 6.07) is 13.0. The third kappa shape index (κ3) is 5.75. The smallest absolute Gasteiger partial charge is 0.251 e. The molecule has 35 heavy (non-hydrogen) atoms. The highest BCUT2D eigenvalue weighted by Gasteiger charge is 2.22. The normalized spacial score (nSPS) is 14.2. The van der Waals surface area contributed by atoms with Gasteiger partial charge in [-0.25, -0.2) is 4.98 Å². The number of carbonyl (C=O) groups is 2. The predicted molar refractivity (Wildman–Crippen MR) is 135 cm³/mol. The summed E-state index contributed by atoms with van der Waals surface area (Å²) in [5.41, 5.74) is 2.36. The summed E-state index contributed by atoms with van der Waals surface area (Å²) in [5, 5.41) is 2.96. The van der Waals surface area contributed by atoms with Gasteiger partial charge in [0.2, 0.25) is 5.91 Å². The fourth-order valence-corrected chi connectivity index (χ4v) is 4.51. The van der Waals surface area contributed by atoms with Crippen LogP contribution in [0.3, 0.4) is 0 Å². The number of aryl methyl sites for hydroxylation is 1. The maximum atomic E-state index is 13.0. The number of benzene rings is 2. The summed E-state index contributed by atoms with van der Waals surface area (Å²) in [4.78, 5) is 32.4. The number of piperidine rings is 1. The first-order chi connectivity index (χ1) is 17.0. The molecule has 8 nitrogen and oxygen atoms in total. The van der Waals surface area contributed by atoms with Crippen molar-refractivity contribution < 1.29 is 19.1 Å². The number of ether oxygens (including phenoxy) is 2. The van der Waals surface area contributed by atoms with Crippen LogP contribution in [0.4, 0.5) is 0 Å². The highest BCUT2D eigenvalue weighted by molar-refractivity contribution is 5.94. The maximum Gasteiger partial charge on any atom is 0.251 e. The van der Waals surface area contributed by atoms with Crippen LogP contribution in [0, 0.1) is 5.92 Å². The van der Waals surface area contributed by atoms with Crippen LogP contribution in [0.1, 0.15) is 42.4 Å². The number of likely N-dealkylation sites (tertiary alicyclic amines) is 1. The zero-order valence-corrected chi connectivity index (χ0v) is 20.8. The van der Waals surface area contributed by atoms with Gasteiger partial charge in [0.15, 0.2) is 11.5 Å². The molecule has 1 fully saturated rings. The molecule has 1 N–H and O–H groups in total. The summed E-state index contributed by atoms with van der Waals surface area (Å²) in [7, 11) is 3.10. The molecular weight excluding hydrogens is 444 g/mol. The average molecular weight is 479 g/mol. The summed E-state index contributed by atoms with van der Waals surface area (Å²) in [6.45, 7) is 4.68. The van der Waals surface area contributed by atoms with Crippen LogP contribution in [-0.4, -0.2) is 60.1 Å². The average Bonchev–Trinajstić information content (AvgIpc) is 3.23. The van der Waals surface area contributed by atoms with Gasteiger partial charge in [0, 0.05) is 31.6 Å². The molecule has 1 aliphatic rings. The minimum Gasteiger partial charge on any atom is -0.493 e. The lowest BCUT2D eigenvalue weighted by atomic mass is 9.99. The second-order valence-corrected chi connectivity index (χ2v) is 9.10. The minimum absolute atomic E-state index is 0.142. The number of rotatable bonds is 9. The quantitative estimate of drug-likeness (QED) is 0.474. The lowest BCUT2D eigenvalue weighted by Gasteiger charge is -2.30. The van der Waals surface area contributed by atoms with E-state index in [4.69, 9.17) is 14.5 Å². The Morgan fingerprint density at radius 3 is 2.54 bits per heavy atom. The molecule has 1 aromatic heterocycles. The molecule has 4 rings (SSSR count). The van der Waals surface area contributed by atoms with E-state index in [0.29, 0.717) is 48.9 Å². The second kappa shape index (κ2) is 11.3. The highest BCUT2D eigenvalue weighted by atomic mass is 16.5. The Labute approximate surface area is 206 Å². The number of hydrogen-bond donors (Lipinski definition) is 1. The van der Waals surface area contributed by atoms with E-state index in [9.17, 15) is 9.59 Å². The van der Waals surface area contributed by atoms with E-state index in [1.165, 1.54) is 0 Å². The van der Waals surface area contributed by atoms with Crippen LogP contribution in [-0.2, 0) is 17.8 Å². The summed E-state index contributed by atoms with van der Waals surface area (Å²) >= 11 is 0. The van der Waals surface area contributed by atoms with Gasteiger partial charge in [-0.3, -0.25) is 9.59 Å². The van der Waals surface area contributed by atoms with Gasteiger partial charge in [-0.15, -0.1) is 0 Å². The zero-order chi connectivity index (χ0) is 24.8. The van der Waals surface area contributed by atoms with Crippen molar-refractivity contribution in [2.24, 2.45) is 5.92 Å². The Kier molecular flexibility index (Phi) is 7.90. The van der Waals surface area contributed by atoms with Crippen molar-refractivity contribution in [3.8, 4) is 11.5 Å². The molecule has 2 aromatic carbocycles. The van der Waals surface area contributed by atoms with Gasteiger partial charge in [0.25, 0.3) is 5.91 Å². The van der Waals surface area contributed by atoms with Crippen LogP contribution >= 0.6 is 0 Å². The van der Waals surface area contributed by atoms with Gasteiger partial charge in [-0.2, -0.15) is 0 Å². The van der Waals surface area contributed by atoms with Crippen LogP contribution in [0.2, 0.25) is 0 Å². The molecule has 1 saturated heterocycles. The first-order valence-corrected chi connectivity index (χ1v) is 12.2. The van der Waals surface area contributed by atoms with Crippen molar-refractivity contribution in [1.82, 2.24) is 19.8 Å². The van der Waals surface area contributed by atoms with Crippen LogP contribution in [0.5, 0.6) is 11.5 Å². The molecule has 0 aliphatic carbocycles. The summed E-state index contributed by atoms with van der Waals surface area (Å²) in [6.07, 6.45) is 3.48. The lowest BCUT2D eigenvalue weighted by molar-refractivity contribution is -0.133. The third-order valence-corrected chi connectivity index (χ3v) is 6.67. The number of methoxy groups -OCH3 is 2. The van der Waals surface area contributed by atoms with Crippen LogP contribution in [0.25, 0.3) is 11.0 Å². The topological polar surface area (TPSA) is 85.7 Å². The first kappa shape index (κ1) is 24.6. The van der Waals surface area contributed by atoms with E-state index in [2.05, 4.69) is 12.2 Å². The predicted octanol–water partition coefficient (Wildman–Crippen LogP) is 3.67. The molecule has 0 bridgehead atoms. The largest absolute Gasteiger partial charge is 0.493 e. The molecule has 0 atom stereocenters. The zero-order valence-electron chi connectivity index (χ0n) is 20.8. The standard InChI is InChI=1S/C27H34N4O4/c1-19-12-15-30(16-13-19)26(32)18-31-22-8-5-4-7-21(22)29-25(31)9-6-14-28-27(33)20-10-11-23(34-2)24(17-20)35-3/h4-5,7-8,10-11,17,19H,6,9,12-16,18H2,1-3H3,(H,28,33). The molecule has 0 unspecified atom stereocenters. The Balaban J connectivity index is 1.38. The van der Waals surface area contributed by atoms with E-state index in [0.717, 1.165) is 42.8 Å². The van der Waals surface area contributed by atoms with Gasteiger partial charge in [0.1, 0.15) is 12.4 Å². The van der Waals surface area contributed by atoms with E-state index in [-0.39, 0.29) is 11.8 Å². The Morgan fingerprint density at radius 2 is 1.80 bits per heavy atom. The van der Waals surface area contributed by atoms with E-state index in [1.54, 1.807) is 32.4 Å². The number of imidazole rings is 1. The van der Waals surface area contributed by atoms with Crippen molar-refractivity contribution >= 4 is 22.8 Å². The van der Waals surface area contributed by atoms with Gasteiger partial charge >= 0.3 is 0 Å². The van der Waals surface area contributed by atoms with Crippen molar-refractivity contribution in [2.75, 3.05) is 33.9 Å². The number of aromatic nitrogens is 2. The molecule has 2 amide bonds. The number of nitrogens with zero attached hydrogens (tertiary/aromatic N) is 3. The number of para-hydroxylation sites is 2. The lowest BCUT2D eigenvalue weighted by Crippen LogP contribution is -2.40. The fraction of sp³-hybridized carbons (Fsp3) is 0.444. The molecule has 186 valence electrons. The van der Waals surface area contributed by atoms with E-state index >= 15 is 0 Å². The SMILES string of the molecule is COc1ccc(C(=O)NCCCc2nc3ccccc3n2CC(=O)N2CCC(C)CC2)cc1OC. The molecular formula is C27H34N4O4. The van der Waals surface area contributed by atoms with Gasteiger partial charge in [0.05, 0.1) is 25.3 Å². The van der Waals surface area contributed by atoms with Crippen molar-refractivity contribution in [3.63, 3.8) is 0 Å². The summed E-state index contributed by atoms with van der Waals surface area (Å²) < 4.78 is 12.6. The number of amides is 2. The van der Waals surface area contributed by atoms with Crippen molar-refractivity contribution in [3.05, 3.63) is 53.9 Å². The molecule has 0 spiro atoms. The van der Waals surface area contributed by atoms with E-state index in [1.807, 2.05) is 33.7 Å². The first-order valence-electron chi connectivity index (χ1n) is 12.2. The molecule has 8 heteroatoms. The number of fused-ring (bicyclic) bond motifs is 1. The third-order valence-electron chi connectivity index (χ3n) is 6.67. The monoisotopic (exact) mass is 478 g/mol. The minimum atomic E-state index is -0.172. The molecule has 2 heterocycles. The Bertz CT molecular complexity index is 1180. The Morgan fingerprint density at radius 1 is 1.06 bits per heavy atom. The number of hydrogen-bond acceptors (Lipinski definition) is 5. The van der Waals surface area contributed by atoms with Crippen molar-refractivity contribution in [2.45, 2.75) is 39.2 Å². The fourth-order valence-electron chi connectivity index (χ4n) is 4.51. The van der Waals surface area contributed by atoms with Crippen molar-refractivity contribution in [1.29, 1.82) is 0 Å². The molecule has 0 saturated carbocycles. The Hall–Kier alpha value is -3.55. The van der Waals surface area contributed by atoms with Crippen LogP contribution in [0.15, 0.2) is 42.5 Å². The highest BCUT2D eigenvalue weighted by Crippen LogP contribution is 2.27. The van der Waals surface area contributed by atoms with Gasteiger partial charge < -0.3 is 24.3 Å². The second-order valence-electron chi connectivity index (χ2n) is 9.10. The maximum absolute atomic E-state index is 13.0.